The number of piperidine rings is 1. The van der Waals surface area contributed by atoms with E-state index in [1.807, 2.05) is 0 Å². The van der Waals surface area contributed by atoms with Gasteiger partial charge in [0.05, 0.1) is 13.2 Å². The maximum Gasteiger partial charge on any atom is 0.199 e. The minimum absolute atomic E-state index is 0.209. The number of ether oxygens (including phenoxy) is 1. The molecule has 1 aromatic heterocycles. The second kappa shape index (κ2) is 4.84. The summed E-state index contributed by atoms with van der Waals surface area (Å²) in [4.78, 5) is 10.1. The Morgan fingerprint density at radius 2 is 2.12 bits per heavy atom. The molecule has 0 aromatic carbocycles. The number of hydrogen-bond donors (Lipinski definition) is 1. The fraction of sp³-hybridized carbons (Fsp3) is 0.600. The molecule has 0 amide bonds. The Labute approximate surface area is 99.0 Å². The zero-order valence-corrected chi connectivity index (χ0v) is 9.81. The Morgan fingerprint density at radius 1 is 1.44 bits per heavy atom. The van der Waals surface area contributed by atoms with Crippen LogP contribution in [0.1, 0.15) is 12.8 Å². The lowest BCUT2D eigenvalue weighted by molar-refractivity contribution is 0.145. The summed E-state index contributed by atoms with van der Waals surface area (Å²) in [6.45, 7) is 1.51. The largest absolute Gasteiger partial charge is 0.490 e. The van der Waals surface area contributed by atoms with Gasteiger partial charge in [-0.1, -0.05) is 11.6 Å². The lowest BCUT2D eigenvalue weighted by Gasteiger charge is -2.31. The van der Waals surface area contributed by atoms with Gasteiger partial charge in [0.15, 0.2) is 16.7 Å². The van der Waals surface area contributed by atoms with Crippen molar-refractivity contribution in [3.63, 3.8) is 0 Å². The quantitative estimate of drug-likeness (QED) is 0.789. The molecule has 1 aliphatic rings. The van der Waals surface area contributed by atoms with Gasteiger partial charge < -0.3 is 14.7 Å². The van der Waals surface area contributed by atoms with Crippen molar-refractivity contribution in [2.24, 2.45) is 0 Å². The molecule has 1 N–H and O–H groups in total. The Bertz CT molecular complexity index is 367. The predicted molar refractivity (Wildman–Crippen MR) is 61.0 cm³/mol. The maximum atomic E-state index is 9.44. The van der Waals surface area contributed by atoms with E-state index in [2.05, 4.69) is 14.9 Å². The summed E-state index contributed by atoms with van der Waals surface area (Å²) in [5.41, 5.74) is 0. The lowest BCUT2D eigenvalue weighted by Crippen LogP contribution is -2.36. The van der Waals surface area contributed by atoms with Crippen LogP contribution >= 0.6 is 11.6 Å². The van der Waals surface area contributed by atoms with Crippen LogP contribution in [0.25, 0.3) is 0 Å². The van der Waals surface area contributed by atoms with Gasteiger partial charge in [0.2, 0.25) is 0 Å². The van der Waals surface area contributed by atoms with Crippen molar-refractivity contribution >= 4 is 17.4 Å². The lowest BCUT2D eigenvalue weighted by atomic mass is 10.1. The summed E-state index contributed by atoms with van der Waals surface area (Å²) in [5, 5.41) is 9.76. The number of hydrogen-bond acceptors (Lipinski definition) is 5. The van der Waals surface area contributed by atoms with Crippen molar-refractivity contribution in [3.8, 4) is 5.75 Å². The van der Waals surface area contributed by atoms with Crippen LogP contribution in [0, 0.1) is 0 Å². The highest BCUT2D eigenvalue weighted by atomic mass is 35.5. The van der Waals surface area contributed by atoms with Crippen LogP contribution in [-0.2, 0) is 0 Å². The van der Waals surface area contributed by atoms with Crippen LogP contribution in [0.3, 0.4) is 0 Å². The molecule has 2 heterocycles. The molecule has 0 unspecified atom stereocenters. The summed E-state index contributed by atoms with van der Waals surface area (Å²) in [7, 11) is 1.55. The van der Waals surface area contributed by atoms with Gasteiger partial charge in [-0.25, -0.2) is 9.97 Å². The Morgan fingerprint density at radius 3 is 2.75 bits per heavy atom. The molecule has 1 saturated heterocycles. The van der Waals surface area contributed by atoms with Crippen molar-refractivity contribution in [3.05, 3.63) is 11.5 Å². The molecule has 5 nitrogen and oxygen atoms in total. The van der Waals surface area contributed by atoms with E-state index in [-0.39, 0.29) is 6.10 Å². The second-order valence-electron chi connectivity index (χ2n) is 3.74. The van der Waals surface area contributed by atoms with Crippen LogP contribution in [0.4, 0.5) is 5.82 Å². The van der Waals surface area contributed by atoms with E-state index in [0.717, 1.165) is 25.9 Å². The first-order chi connectivity index (χ1) is 7.72. The summed E-state index contributed by atoms with van der Waals surface area (Å²) in [6.07, 6.45) is 2.69. The molecule has 0 saturated carbocycles. The molecule has 0 radical (unpaired) electrons. The average molecular weight is 244 g/mol. The highest BCUT2D eigenvalue weighted by molar-refractivity contribution is 6.31. The number of methoxy groups -OCH3 is 1. The van der Waals surface area contributed by atoms with Crippen molar-refractivity contribution in [2.75, 3.05) is 25.1 Å². The third-order valence-corrected chi connectivity index (χ3v) is 2.98. The van der Waals surface area contributed by atoms with E-state index in [9.17, 15) is 5.11 Å². The monoisotopic (exact) mass is 243 g/mol. The van der Waals surface area contributed by atoms with Gasteiger partial charge in [-0.3, -0.25) is 0 Å². The topological polar surface area (TPSA) is 58.5 Å². The molecule has 16 heavy (non-hydrogen) atoms. The van der Waals surface area contributed by atoms with E-state index in [1.54, 1.807) is 7.11 Å². The summed E-state index contributed by atoms with van der Waals surface area (Å²) in [5.74, 6) is 1.20. The van der Waals surface area contributed by atoms with Gasteiger partial charge in [0, 0.05) is 13.1 Å². The highest BCUT2D eigenvalue weighted by Crippen LogP contribution is 2.32. The summed E-state index contributed by atoms with van der Waals surface area (Å²) in [6, 6.07) is 0. The van der Waals surface area contributed by atoms with E-state index in [4.69, 9.17) is 16.3 Å². The fourth-order valence-corrected chi connectivity index (χ4v) is 2.03. The van der Waals surface area contributed by atoms with Crippen molar-refractivity contribution < 1.29 is 9.84 Å². The Kier molecular flexibility index (Phi) is 3.46. The number of aromatic nitrogens is 2. The van der Waals surface area contributed by atoms with Gasteiger partial charge in [-0.2, -0.15) is 0 Å². The first kappa shape index (κ1) is 11.4. The zero-order chi connectivity index (χ0) is 11.5. The van der Waals surface area contributed by atoms with Gasteiger partial charge in [0.1, 0.15) is 6.33 Å². The minimum atomic E-state index is -0.209. The van der Waals surface area contributed by atoms with E-state index < -0.39 is 0 Å². The SMILES string of the molecule is COc1c(Cl)ncnc1N1CCC(O)CC1. The van der Waals surface area contributed by atoms with Gasteiger partial charge in [-0.05, 0) is 12.8 Å². The normalized spacial score (nSPS) is 17.6. The van der Waals surface area contributed by atoms with Crippen molar-refractivity contribution in [2.45, 2.75) is 18.9 Å². The molecule has 0 aliphatic carbocycles. The number of aliphatic hydroxyl groups excluding tert-OH is 1. The minimum Gasteiger partial charge on any atom is -0.490 e. The number of anilines is 1. The van der Waals surface area contributed by atoms with Gasteiger partial charge >= 0.3 is 0 Å². The van der Waals surface area contributed by atoms with Crippen LogP contribution in [0.2, 0.25) is 5.15 Å². The maximum absolute atomic E-state index is 9.44. The molecule has 1 aliphatic heterocycles. The van der Waals surface area contributed by atoms with E-state index >= 15 is 0 Å². The summed E-state index contributed by atoms with van der Waals surface area (Å²) >= 11 is 5.93. The average Bonchev–Trinajstić information content (AvgIpc) is 2.30. The second-order valence-corrected chi connectivity index (χ2v) is 4.10. The van der Waals surface area contributed by atoms with Gasteiger partial charge in [-0.15, -0.1) is 0 Å². The number of aliphatic hydroxyl groups is 1. The molecule has 2 rings (SSSR count). The molecule has 0 spiro atoms. The van der Waals surface area contributed by atoms with E-state index in [1.165, 1.54) is 6.33 Å². The Hall–Kier alpha value is -1.07. The molecule has 1 aromatic rings. The molecule has 88 valence electrons. The fourth-order valence-electron chi connectivity index (χ4n) is 1.82. The highest BCUT2D eigenvalue weighted by Gasteiger charge is 2.22. The molecular formula is C10H14ClN3O2. The third kappa shape index (κ3) is 2.20. The van der Waals surface area contributed by atoms with Crippen molar-refractivity contribution in [1.82, 2.24) is 9.97 Å². The number of rotatable bonds is 2. The number of halogens is 1. The zero-order valence-electron chi connectivity index (χ0n) is 9.06. The third-order valence-electron chi connectivity index (χ3n) is 2.71. The smallest absolute Gasteiger partial charge is 0.199 e. The first-order valence-corrected chi connectivity index (χ1v) is 5.57. The molecule has 6 heteroatoms. The Balaban J connectivity index is 2.23. The van der Waals surface area contributed by atoms with Crippen LogP contribution in [0.5, 0.6) is 5.75 Å². The predicted octanol–water partition coefficient (Wildman–Crippen LogP) is 1.10. The summed E-state index contributed by atoms with van der Waals surface area (Å²) < 4.78 is 5.20. The van der Waals surface area contributed by atoms with E-state index in [0.29, 0.717) is 16.7 Å². The van der Waals surface area contributed by atoms with Crippen molar-refractivity contribution in [1.29, 1.82) is 0 Å². The van der Waals surface area contributed by atoms with Crippen LogP contribution < -0.4 is 9.64 Å². The molecular weight excluding hydrogens is 230 g/mol. The number of nitrogens with zero attached hydrogens (tertiary/aromatic N) is 3. The molecule has 0 bridgehead atoms. The molecule has 0 atom stereocenters. The standard InChI is InChI=1S/C10H14ClN3O2/c1-16-8-9(11)12-6-13-10(8)14-4-2-7(15)3-5-14/h6-7,15H,2-5H2,1H3. The van der Waals surface area contributed by atoms with Crippen LogP contribution in [0.15, 0.2) is 6.33 Å². The molecule has 1 fully saturated rings. The first-order valence-electron chi connectivity index (χ1n) is 5.20. The van der Waals surface area contributed by atoms with Crippen LogP contribution in [-0.4, -0.2) is 41.4 Å². The van der Waals surface area contributed by atoms with Gasteiger partial charge in [0.25, 0.3) is 0 Å².